The zero-order valence-electron chi connectivity index (χ0n) is 14.0. The number of nitrogens with one attached hydrogen (secondary N) is 1. The van der Waals surface area contributed by atoms with Crippen molar-refractivity contribution in [1.29, 1.82) is 0 Å². The Hall–Kier alpha value is -2.86. The van der Waals surface area contributed by atoms with Gasteiger partial charge in [0.1, 0.15) is 11.5 Å². The average molecular weight is 340 g/mol. The van der Waals surface area contributed by atoms with Gasteiger partial charge >= 0.3 is 0 Å². The molecule has 1 amide bonds. The highest BCUT2D eigenvalue weighted by Gasteiger charge is 2.24. The number of Topliss-reactive ketones (excluding diaryl/α,β-unsaturated/α-hetero) is 1. The quantitative estimate of drug-likeness (QED) is 0.860. The van der Waals surface area contributed by atoms with E-state index < -0.39 is 12.0 Å². The first-order valence-electron chi connectivity index (χ1n) is 8.02. The number of hydrogen-bond acceptors (Lipinski definition) is 5. The number of nitrogens with two attached hydrogens (primary N) is 1. The number of carbonyl (C=O) groups excluding carboxylic acids is 2. The van der Waals surface area contributed by atoms with Crippen LogP contribution in [0, 0.1) is 0 Å². The van der Waals surface area contributed by atoms with E-state index in [2.05, 4.69) is 5.32 Å². The number of primary amides is 1. The highest BCUT2D eigenvalue weighted by atomic mass is 16.5. The highest BCUT2D eigenvalue weighted by Crippen LogP contribution is 2.24. The van der Waals surface area contributed by atoms with Gasteiger partial charge in [0.05, 0.1) is 7.11 Å². The maximum Gasteiger partial charge on any atom is 0.248 e. The summed E-state index contributed by atoms with van der Waals surface area (Å²) >= 11 is 0. The Balaban J connectivity index is 1.74. The molecular weight excluding hydrogens is 320 g/mol. The molecule has 1 aliphatic rings. The Morgan fingerprint density at radius 2 is 2.00 bits per heavy atom. The monoisotopic (exact) mass is 340 g/mol. The molecule has 0 radical (unpaired) electrons. The third kappa shape index (κ3) is 3.97. The average Bonchev–Trinajstić information content (AvgIpc) is 2.84. The minimum atomic E-state index is -0.619. The molecule has 25 heavy (non-hydrogen) atoms. The predicted octanol–water partition coefficient (Wildman–Crippen LogP) is 1.46. The first-order chi connectivity index (χ1) is 12.1. The maximum absolute atomic E-state index is 12.6. The van der Waals surface area contributed by atoms with Crippen LogP contribution in [0.15, 0.2) is 42.5 Å². The molecule has 0 fully saturated rings. The molecule has 0 spiro atoms. The Bertz CT molecular complexity index is 787. The van der Waals surface area contributed by atoms with Crippen LogP contribution in [0.4, 0.5) is 0 Å². The molecule has 0 saturated carbocycles. The summed E-state index contributed by atoms with van der Waals surface area (Å²) < 4.78 is 11.0. The minimum Gasteiger partial charge on any atom is -0.497 e. The largest absolute Gasteiger partial charge is 0.497 e. The van der Waals surface area contributed by atoms with Crippen LogP contribution in [0.2, 0.25) is 0 Å². The fourth-order valence-electron chi connectivity index (χ4n) is 2.73. The van der Waals surface area contributed by atoms with Crippen LogP contribution in [0.3, 0.4) is 0 Å². The van der Waals surface area contributed by atoms with E-state index >= 15 is 0 Å². The lowest BCUT2D eigenvalue weighted by Gasteiger charge is -2.16. The van der Waals surface area contributed by atoms with Gasteiger partial charge in [-0.2, -0.15) is 0 Å². The Kier molecular flexibility index (Phi) is 5.00. The molecule has 1 unspecified atom stereocenters. The summed E-state index contributed by atoms with van der Waals surface area (Å²) in [5.74, 6) is 0.714. The van der Waals surface area contributed by atoms with Gasteiger partial charge in [0.15, 0.2) is 11.9 Å². The number of methoxy groups -OCH3 is 1. The van der Waals surface area contributed by atoms with Crippen LogP contribution in [0.5, 0.6) is 11.5 Å². The van der Waals surface area contributed by atoms with Crippen LogP contribution < -0.4 is 20.5 Å². The third-order valence-electron chi connectivity index (χ3n) is 4.16. The fourth-order valence-corrected chi connectivity index (χ4v) is 2.73. The lowest BCUT2D eigenvalue weighted by atomic mass is 10.1. The standard InChI is InChI=1S/C19H20N2O4/c1-24-15-6-2-12(3-7-15)8-16(22)18-11-21-10-14-5-4-13(19(20)23)9-17(14)25-18/h2-7,9,18,21H,8,10-11H2,1H3,(H2,20,23). The molecule has 3 rings (SSSR count). The van der Waals surface area contributed by atoms with Gasteiger partial charge in [-0.3, -0.25) is 9.59 Å². The van der Waals surface area contributed by atoms with E-state index in [1.54, 1.807) is 25.3 Å². The molecule has 1 heterocycles. The van der Waals surface area contributed by atoms with Gasteiger partial charge in [-0.25, -0.2) is 0 Å². The molecule has 2 aromatic carbocycles. The first-order valence-corrected chi connectivity index (χ1v) is 8.02. The highest BCUT2D eigenvalue weighted by molar-refractivity contribution is 5.93. The molecule has 1 atom stereocenters. The van der Waals surface area contributed by atoms with Crippen LogP contribution in [0.1, 0.15) is 21.5 Å². The molecule has 6 heteroatoms. The summed E-state index contributed by atoms with van der Waals surface area (Å²) in [6, 6.07) is 12.4. The first kappa shape index (κ1) is 17.0. The second-order valence-corrected chi connectivity index (χ2v) is 5.92. The minimum absolute atomic E-state index is 0.0324. The SMILES string of the molecule is COc1ccc(CC(=O)C2CNCc3ccc(C(N)=O)cc3O2)cc1. The van der Waals surface area contributed by atoms with Gasteiger partial charge in [0.25, 0.3) is 0 Å². The zero-order valence-corrected chi connectivity index (χ0v) is 14.0. The van der Waals surface area contributed by atoms with E-state index in [9.17, 15) is 9.59 Å². The van der Waals surface area contributed by atoms with Crippen LogP contribution in [-0.2, 0) is 17.8 Å². The summed E-state index contributed by atoms with van der Waals surface area (Å²) in [6.07, 6.45) is -0.354. The molecular formula is C19H20N2O4. The van der Waals surface area contributed by atoms with E-state index in [-0.39, 0.29) is 12.2 Å². The van der Waals surface area contributed by atoms with Crippen molar-refractivity contribution in [3.63, 3.8) is 0 Å². The van der Waals surface area contributed by atoms with E-state index in [1.807, 2.05) is 24.3 Å². The lowest BCUT2D eigenvalue weighted by molar-refractivity contribution is -0.124. The number of amides is 1. The van der Waals surface area contributed by atoms with E-state index in [4.69, 9.17) is 15.2 Å². The van der Waals surface area contributed by atoms with Gasteiger partial charge in [-0.1, -0.05) is 18.2 Å². The Morgan fingerprint density at radius 1 is 1.24 bits per heavy atom. The molecule has 0 bridgehead atoms. The van der Waals surface area contributed by atoms with Crippen LogP contribution in [0.25, 0.3) is 0 Å². The summed E-state index contributed by atoms with van der Waals surface area (Å²) in [4.78, 5) is 24.0. The van der Waals surface area contributed by atoms with E-state index in [0.717, 1.165) is 16.9 Å². The normalized spacial score (nSPS) is 16.3. The third-order valence-corrected chi connectivity index (χ3v) is 4.16. The van der Waals surface area contributed by atoms with Crippen molar-refractivity contribution in [3.8, 4) is 11.5 Å². The number of rotatable bonds is 5. The molecule has 2 aromatic rings. The number of benzene rings is 2. The van der Waals surface area contributed by atoms with Crippen molar-refractivity contribution in [3.05, 3.63) is 59.2 Å². The van der Waals surface area contributed by atoms with Gasteiger partial charge in [-0.15, -0.1) is 0 Å². The molecule has 130 valence electrons. The molecule has 0 aliphatic carbocycles. The molecule has 3 N–H and O–H groups in total. The van der Waals surface area contributed by atoms with Crippen molar-refractivity contribution in [2.75, 3.05) is 13.7 Å². The van der Waals surface area contributed by atoms with Crippen LogP contribution >= 0.6 is 0 Å². The summed E-state index contributed by atoms with van der Waals surface area (Å²) in [6.45, 7) is 0.982. The van der Waals surface area contributed by atoms with Crippen molar-refractivity contribution in [2.24, 2.45) is 5.73 Å². The fraction of sp³-hybridized carbons (Fsp3) is 0.263. The van der Waals surface area contributed by atoms with E-state index in [1.165, 1.54) is 0 Å². The summed E-state index contributed by atoms with van der Waals surface area (Å²) in [5.41, 5.74) is 7.47. The van der Waals surface area contributed by atoms with Crippen molar-refractivity contribution in [1.82, 2.24) is 5.32 Å². The number of fused-ring (bicyclic) bond motifs is 1. The lowest BCUT2D eigenvalue weighted by Crippen LogP contribution is -2.36. The molecule has 6 nitrogen and oxygen atoms in total. The smallest absolute Gasteiger partial charge is 0.248 e. The topological polar surface area (TPSA) is 90.6 Å². The number of carbonyl (C=O) groups is 2. The second kappa shape index (κ2) is 7.36. The van der Waals surface area contributed by atoms with Crippen molar-refractivity contribution in [2.45, 2.75) is 19.1 Å². The van der Waals surface area contributed by atoms with Gasteiger partial charge in [-0.05, 0) is 29.8 Å². The number of ether oxygens (including phenoxy) is 2. The number of hydrogen-bond donors (Lipinski definition) is 2. The van der Waals surface area contributed by atoms with Gasteiger partial charge in [0, 0.05) is 30.6 Å². The Morgan fingerprint density at radius 3 is 2.68 bits per heavy atom. The molecule has 0 saturated heterocycles. The maximum atomic E-state index is 12.6. The van der Waals surface area contributed by atoms with E-state index in [0.29, 0.717) is 24.4 Å². The number of ketones is 1. The molecule has 1 aliphatic heterocycles. The van der Waals surface area contributed by atoms with Crippen LogP contribution in [-0.4, -0.2) is 31.4 Å². The molecule has 0 aromatic heterocycles. The predicted molar refractivity (Wildman–Crippen MR) is 92.8 cm³/mol. The van der Waals surface area contributed by atoms with Crippen molar-refractivity contribution >= 4 is 11.7 Å². The van der Waals surface area contributed by atoms with Gasteiger partial charge < -0.3 is 20.5 Å². The summed E-state index contributed by atoms with van der Waals surface area (Å²) in [5, 5.41) is 3.21. The zero-order chi connectivity index (χ0) is 17.8. The Labute approximate surface area is 145 Å². The van der Waals surface area contributed by atoms with Crippen molar-refractivity contribution < 1.29 is 19.1 Å². The summed E-state index contributed by atoms with van der Waals surface area (Å²) in [7, 11) is 1.60. The van der Waals surface area contributed by atoms with Gasteiger partial charge in [0.2, 0.25) is 5.91 Å². The second-order valence-electron chi connectivity index (χ2n) is 5.92.